The van der Waals surface area contributed by atoms with E-state index in [1.807, 2.05) is 0 Å². The van der Waals surface area contributed by atoms with Gasteiger partial charge in [-0.05, 0) is 0 Å². The van der Waals surface area contributed by atoms with E-state index in [0.717, 1.165) is 4.57 Å². The number of aromatic nitrogens is 2. The van der Waals surface area contributed by atoms with E-state index < -0.39 is 36.8 Å². The van der Waals surface area contributed by atoms with Gasteiger partial charge >= 0.3 is 5.69 Å². The number of hydrogen-bond acceptors (Lipinski definition) is 6. The molecule has 0 amide bonds. The zero-order chi connectivity index (χ0) is 13.4. The van der Waals surface area contributed by atoms with Crippen molar-refractivity contribution in [1.29, 1.82) is 0 Å². The number of anilines is 1. The Morgan fingerprint density at radius 3 is 2.63 bits per heavy atom. The van der Waals surface area contributed by atoms with Crippen molar-refractivity contribution in [3.63, 3.8) is 0 Å². The second-order valence-corrected chi connectivity index (χ2v) is 4.22. The Morgan fingerprint density at radius 1 is 1.47 bits per heavy atom. The van der Waals surface area contributed by atoms with E-state index in [0.29, 0.717) is 0 Å². The van der Waals surface area contributed by atoms with Crippen LogP contribution in [-0.2, 0) is 11.8 Å². The van der Waals surface area contributed by atoms with Crippen molar-refractivity contribution < 1.29 is 37.0 Å². The van der Waals surface area contributed by atoms with E-state index in [-0.39, 0.29) is 18.2 Å². The normalized spacial score (nSPS) is 30.1. The molecule has 9 heteroatoms. The predicted octanol–water partition coefficient (Wildman–Crippen LogP) is -6.13. The van der Waals surface area contributed by atoms with Gasteiger partial charge in [-0.15, -0.1) is 0 Å². The van der Waals surface area contributed by atoms with E-state index >= 15 is 0 Å². The van der Waals surface area contributed by atoms with Gasteiger partial charge < -0.3 is 38.2 Å². The molecule has 2 heterocycles. The third-order valence-corrected chi connectivity index (χ3v) is 3.09. The first-order valence-electron chi connectivity index (χ1n) is 5.46. The number of nitrogen functional groups attached to an aromatic ring is 1. The lowest BCUT2D eigenvalue weighted by atomic mass is 10.1. The Bertz CT molecular complexity index is 508. The maximum atomic E-state index is 11.9. The summed E-state index contributed by atoms with van der Waals surface area (Å²) in [6.45, 7) is -0.440. The number of nitrogens with zero attached hydrogens (tertiary/aromatic N) is 2. The van der Waals surface area contributed by atoms with E-state index in [1.54, 1.807) is 0 Å². The second kappa shape index (κ2) is 5.85. The van der Waals surface area contributed by atoms with Crippen molar-refractivity contribution in [1.82, 2.24) is 4.57 Å². The van der Waals surface area contributed by atoms with Crippen molar-refractivity contribution in [2.75, 3.05) is 12.3 Å². The molecule has 1 aromatic heterocycles. The van der Waals surface area contributed by atoms with Gasteiger partial charge in [-0.2, -0.15) is 13.9 Å². The van der Waals surface area contributed by atoms with Gasteiger partial charge in [0.15, 0.2) is 5.82 Å². The molecule has 0 unspecified atom stereocenters. The highest BCUT2D eigenvalue weighted by atomic mass is 35.5. The van der Waals surface area contributed by atoms with Crippen LogP contribution in [0.15, 0.2) is 17.1 Å². The average molecular weight is 294 g/mol. The van der Waals surface area contributed by atoms with Crippen molar-refractivity contribution in [2.24, 2.45) is 7.05 Å². The highest BCUT2D eigenvalue weighted by molar-refractivity contribution is 5.24. The molecule has 1 aliphatic heterocycles. The van der Waals surface area contributed by atoms with E-state index in [1.165, 1.54) is 23.9 Å². The van der Waals surface area contributed by atoms with Gasteiger partial charge in [0.25, 0.3) is 0 Å². The highest BCUT2D eigenvalue weighted by Crippen LogP contribution is 2.24. The summed E-state index contributed by atoms with van der Waals surface area (Å²) in [5.41, 5.74) is 5.08. The van der Waals surface area contributed by atoms with Crippen LogP contribution in [0.25, 0.3) is 0 Å². The standard InChI is InChI=1S/C10H15N3O5.ClH/c1-12-6(11)2-3-13(10(12)17)9-8(16)7(15)5(4-14)18-9;/h2-3,5,7-9,11,14-16H,4H2,1H3;1H/t5-,7-,8-,9-;/m1./s1. The van der Waals surface area contributed by atoms with Crippen molar-refractivity contribution >= 4 is 5.82 Å². The fourth-order valence-corrected chi connectivity index (χ4v) is 1.92. The van der Waals surface area contributed by atoms with Gasteiger partial charge in [-0.25, -0.2) is 0 Å². The third-order valence-electron chi connectivity index (χ3n) is 3.09. The van der Waals surface area contributed by atoms with Gasteiger partial charge in [0, 0.05) is 6.07 Å². The maximum absolute atomic E-state index is 11.9. The first-order chi connectivity index (χ1) is 8.47. The lowest BCUT2D eigenvalue weighted by molar-refractivity contribution is -0.781. The van der Waals surface area contributed by atoms with Crippen LogP contribution in [0.3, 0.4) is 0 Å². The summed E-state index contributed by atoms with van der Waals surface area (Å²) in [6, 6.07) is 1.48. The number of aliphatic hydroxyl groups is 3. The molecule has 0 aromatic carbocycles. The topological polar surface area (TPSA) is 122 Å². The number of ether oxygens (including phenoxy) is 1. The number of hydrogen-bond donors (Lipinski definition) is 4. The van der Waals surface area contributed by atoms with E-state index in [4.69, 9.17) is 15.6 Å². The van der Waals surface area contributed by atoms with Crippen molar-refractivity contribution in [3.05, 3.63) is 22.7 Å². The number of halogens is 1. The smallest absolute Gasteiger partial charge is 0.501 e. The SMILES string of the molecule is Cn1c(N)cc[n+]([C@@H]2O[C@H](CO)[C@@H](O)[C@H]2O)c1=O.[Cl-]. The molecule has 19 heavy (non-hydrogen) atoms. The number of aliphatic hydroxyl groups excluding tert-OH is 3. The van der Waals surface area contributed by atoms with Crippen LogP contribution < -0.4 is 28.4 Å². The monoisotopic (exact) mass is 293 g/mol. The lowest BCUT2D eigenvalue weighted by Crippen LogP contribution is -3.00. The fourth-order valence-electron chi connectivity index (χ4n) is 1.92. The van der Waals surface area contributed by atoms with Gasteiger partial charge in [-0.1, -0.05) is 0 Å². The van der Waals surface area contributed by atoms with Crippen LogP contribution in [0, 0.1) is 0 Å². The minimum Gasteiger partial charge on any atom is -1.00 e. The van der Waals surface area contributed by atoms with Crippen LogP contribution in [0.5, 0.6) is 0 Å². The second-order valence-electron chi connectivity index (χ2n) is 4.22. The maximum Gasteiger partial charge on any atom is 0.501 e. The molecule has 0 saturated carbocycles. The van der Waals surface area contributed by atoms with E-state index in [2.05, 4.69) is 0 Å². The Kier molecular flexibility index (Phi) is 4.88. The molecule has 2 rings (SSSR count). The van der Waals surface area contributed by atoms with Gasteiger partial charge in [-0.3, -0.25) is 0 Å². The van der Waals surface area contributed by atoms with Crippen LogP contribution in [0.2, 0.25) is 0 Å². The van der Waals surface area contributed by atoms with Crippen molar-refractivity contribution in [2.45, 2.75) is 24.5 Å². The summed E-state index contributed by atoms with van der Waals surface area (Å²) in [6.07, 6.45) is -3.12. The van der Waals surface area contributed by atoms with Gasteiger partial charge in [0.05, 0.1) is 13.7 Å². The molecule has 0 aliphatic carbocycles. The summed E-state index contributed by atoms with van der Waals surface area (Å²) in [5.74, 6) is 0.267. The van der Waals surface area contributed by atoms with Crippen molar-refractivity contribution in [3.8, 4) is 0 Å². The number of rotatable bonds is 2. The molecule has 1 aromatic rings. The first-order valence-corrected chi connectivity index (χ1v) is 5.46. The van der Waals surface area contributed by atoms with E-state index in [9.17, 15) is 15.0 Å². The molecule has 4 atom stereocenters. The summed E-state index contributed by atoms with van der Waals surface area (Å²) in [5, 5.41) is 28.4. The molecular formula is C10H16ClN3O5. The first kappa shape index (κ1) is 15.9. The molecule has 1 saturated heterocycles. The Hall–Kier alpha value is -1.19. The van der Waals surface area contributed by atoms with Gasteiger partial charge in [0.2, 0.25) is 6.23 Å². The Labute approximate surface area is 115 Å². The molecule has 1 aliphatic rings. The summed E-state index contributed by atoms with van der Waals surface area (Å²) in [4.78, 5) is 11.9. The third kappa shape index (κ3) is 2.58. The Balaban J connectivity index is 0.00000180. The quantitative estimate of drug-likeness (QED) is 0.403. The molecule has 5 N–H and O–H groups in total. The minimum absolute atomic E-state index is 0. The average Bonchev–Trinajstić information content (AvgIpc) is 2.64. The fraction of sp³-hybridized carbons (Fsp3) is 0.600. The molecule has 0 spiro atoms. The molecular weight excluding hydrogens is 278 g/mol. The summed E-state index contributed by atoms with van der Waals surface area (Å²) >= 11 is 0. The summed E-state index contributed by atoms with van der Waals surface area (Å²) < 4.78 is 7.57. The van der Waals surface area contributed by atoms with Crippen LogP contribution in [0.4, 0.5) is 5.82 Å². The summed E-state index contributed by atoms with van der Waals surface area (Å²) in [7, 11) is 1.48. The largest absolute Gasteiger partial charge is 1.00 e. The number of nitrogens with two attached hydrogens (primary N) is 1. The molecule has 1 fully saturated rings. The lowest BCUT2D eigenvalue weighted by Gasteiger charge is -2.12. The molecule has 0 radical (unpaired) electrons. The van der Waals surface area contributed by atoms with Crippen LogP contribution >= 0.6 is 0 Å². The molecule has 0 bridgehead atoms. The zero-order valence-corrected chi connectivity index (χ0v) is 10.9. The van der Waals surface area contributed by atoms with Crippen LogP contribution in [0.1, 0.15) is 6.23 Å². The minimum atomic E-state index is -1.29. The molecule has 108 valence electrons. The molecule has 8 nitrogen and oxygen atoms in total. The van der Waals surface area contributed by atoms with Gasteiger partial charge in [0.1, 0.15) is 24.5 Å². The highest BCUT2D eigenvalue weighted by Gasteiger charge is 2.46. The van der Waals surface area contributed by atoms with Crippen LogP contribution in [-0.4, -0.2) is 44.8 Å². The Morgan fingerprint density at radius 2 is 2.11 bits per heavy atom. The predicted molar refractivity (Wildman–Crippen MR) is 59.3 cm³/mol. The zero-order valence-electron chi connectivity index (χ0n) is 10.2.